The van der Waals surface area contributed by atoms with Gasteiger partial charge in [0.2, 0.25) is 5.91 Å². The first-order valence-corrected chi connectivity index (χ1v) is 8.60. The van der Waals surface area contributed by atoms with E-state index in [1.165, 1.54) is 0 Å². The number of benzene rings is 1. The third-order valence-corrected chi connectivity index (χ3v) is 4.83. The van der Waals surface area contributed by atoms with Gasteiger partial charge in [0, 0.05) is 35.4 Å². The number of hydrogen-bond acceptors (Lipinski definition) is 3. The van der Waals surface area contributed by atoms with Crippen LogP contribution in [-0.4, -0.2) is 27.3 Å². The summed E-state index contributed by atoms with van der Waals surface area (Å²) in [6.07, 6.45) is 7.15. The average molecular weight is 338 g/mol. The number of imidazole rings is 1. The van der Waals surface area contributed by atoms with Gasteiger partial charge in [-0.1, -0.05) is 18.5 Å². The highest BCUT2D eigenvalue weighted by Crippen LogP contribution is 2.26. The molecule has 1 atom stereocenters. The van der Waals surface area contributed by atoms with Crippen LogP contribution in [-0.2, 0) is 11.3 Å². The van der Waals surface area contributed by atoms with Gasteiger partial charge in [0.25, 0.3) is 0 Å². The van der Waals surface area contributed by atoms with Crippen LogP contribution in [0.1, 0.15) is 19.8 Å². The first kappa shape index (κ1) is 16.9. The van der Waals surface area contributed by atoms with Crippen molar-refractivity contribution in [2.75, 3.05) is 6.54 Å². The molecule has 2 rings (SSSR count). The maximum atomic E-state index is 12.2. The van der Waals surface area contributed by atoms with Gasteiger partial charge in [-0.15, -0.1) is 11.8 Å². The van der Waals surface area contributed by atoms with Gasteiger partial charge >= 0.3 is 0 Å². The van der Waals surface area contributed by atoms with Gasteiger partial charge in [0.1, 0.15) is 0 Å². The Hall–Kier alpha value is -1.46. The van der Waals surface area contributed by atoms with Crippen molar-refractivity contribution in [2.24, 2.45) is 0 Å². The zero-order valence-electron chi connectivity index (χ0n) is 12.5. The Morgan fingerprint density at radius 3 is 2.82 bits per heavy atom. The molecule has 0 radical (unpaired) electrons. The van der Waals surface area contributed by atoms with Crippen molar-refractivity contribution in [3.05, 3.63) is 48.0 Å². The number of carbonyl (C=O) groups excluding carboxylic acids is 1. The lowest BCUT2D eigenvalue weighted by atomic mass is 10.3. The molecule has 6 heteroatoms. The van der Waals surface area contributed by atoms with Gasteiger partial charge in [-0.3, -0.25) is 4.79 Å². The van der Waals surface area contributed by atoms with Crippen molar-refractivity contribution in [3.63, 3.8) is 0 Å². The Labute approximate surface area is 140 Å². The molecule has 0 spiro atoms. The minimum Gasteiger partial charge on any atom is -0.355 e. The average Bonchev–Trinajstić information content (AvgIpc) is 3.04. The van der Waals surface area contributed by atoms with Crippen LogP contribution in [0.15, 0.2) is 47.9 Å². The molecule has 1 amide bonds. The number of amides is 1. The van der Waals surface area contributed by atoms with E-state index in [1.54, 1.807) is 24.3 Å². The fraction of sp³-hybridized carbons (Fsp3) is 0.375. The largest absolute Gasteiger partial charge is 0.355 e. The van der Waals surface area contributed by atoms with Crippen LogP contribution < -0.4 is 5.32 Å². The van der Waals surface area contributed by atoms with Gasteiger partial charge in [0.15, 0.2) is 0 Å². The first-order valence-electron chi connectivity index (χ1n) is 7.34. The number of hydrogen-bond donors (Lipinski definition) is 1. The van der Waals surface area contributed by atoms with Gasteiger partial charge in [0.05, 0.1) is 11.6 Å². The fourth-order valence-corrected chi connectivity index (χ4v) is 3.11. The maximum absolute atomic E-state index is 12.2. The molecule has 0 bridgehead atoms. The third kappa shape index (κ3) is 5.39. The molecule has 4 nitrogen and oxygen atoms in total. The number of aryl methyl sites for hydroxylation is 1. The summed E-state index contributed by atoms with van der Waals surface area (Å²) in [6, 6.07) is 7.59. The maximum Gasteiger partial charge on any atom is 0.233 e. The molecule has 1 unspecified atom stereocenters. The smallest absolute Gasteiger partial charge is 0.233 e. The molecular formula is C16H20ClN3OS. The van der Waals surface area contributed by atoms with Gasteiger partial charge < -0.3 is 9.88 Å². The lowest BCUT2D eigenvalue weighted by molar-refractivity contribution is -0.120. The van der Waals surface area contributed by atoms with E-state index in [-0.39, 0.29) is 11.2 Å². The van der Waals surface area contributed by atoms with Gasteiger partial charge in [-0.05, 0) is 37.1 Å². The second-order valence-corrected chi connectivity index (χ2v) is 6.63. The van der Waals surface area contributed by atoms with Crippen molar-refractivity contribution < 1.29 is 4.79 Å². The number of nitrogens with zero attached hydrogens (tertiary/aromatic N) is 2. The monoisotopic (exact) mass is 337 g/mol. The van der Waals surface area contributed by atoms with Crippen LogP contribution in [0.2, 0.25) is 5.02 Å². The van der Waals surface area contributed by atoms with E-state index >= 15 is 0 Å². The molecule has 0 saturated heterocycles. The summed E-state index contributed by atoms with van der Waals surface area (Å²) in [5.74, 6) is 0.0908. The highest BCUT2D eigenvalue weighted by atomic mass is 35.5. The second kappa shape index (κ2) is 8.86. The molecule has 0 fully saturated rings. The number of aromatic nitrogens is 2. The molecule has 1 N–H and O–H groups in total. The zero-order valence-corrected chi connectivity index (χ0v) is 14.1. The number of nitrogens with one attached hydrogen (secondary N) is 1. The molecule has 0 saturated carbocycles. The molecule has 1 aromatic heterocycles. The van der Waals surface area contributed by atoms with E-state index in [2.05, 4.69) is 10.3 Å². The highest BCUT2D eigenvalue weighted by Gasteiger charge is 2.17. The number of rotatable bonds is 8. The van der Waals surface area contributed by atoms with E-state index in [9.17, 15) is 4.79 Å². The summed E-state index contributed by atoms with van der Waals surface area (Å²) in [5.41, 5.74) is 0. The van der Waals surface area contributed by atoms with E-state index in [1.807, 2.05) is 42.0 Å². The van der Waals surface area contributed by atoms with E-state index < -0.39 is 0 Å². The van der Waals surface area contributed by atoms with Crippen molar-refractivity contribution >= 4 is 29.3 Å². The number of thioether (sulfide) groups is 1. The SMILES string of the molecule is CCC(Sc1ccc(Cl)cc1)C(=O)NCCCn1ccnc1. The number of halogens is 1. The Kier molecular flexibility index (Phi) is 6.80. The Balaban J connectivity index is 1.75. The summed E-state index contributed by atoms with van der Waals surface area (Å²) in [6.45, 7) is 3.56. The summed E-state index contributed by atoms with van der Waals surface area (Å²) < 4.78 is 2.01. The van der Waals surface area contributed by atoms with Gasteiger partial charge in [-0.25, -0.2) is 4.98 Å². The minimum atomic E-state index is -0.0746. The van der Waals surface area contributed by atoms with Crippen LogP contribution in [0.3, 0.4) is 0 Å². The third-order valence-electron chi connectivity index (χ3n) is 3.21. The van der Waals surface area contributed by atoms with Crippen molar-refractivity contribution in [1.29, 1.82) is 0 Å². The summed E-state index contributed by atoms with van der Waals surface area (Å²) >= 11 is 7.45. The van der Waals surface area contributed by atoms with Crippen molar-refractivity contribution in [2.45, 2.75) is 36.5 Å². The molecular weight excluding hydrogens is 318 g/mol. The molecule has 22 heavy (non-hydrogen) atoms. The minimum absolute atomic E-state index is 0.0746. The van der Waals surface area contributed by atoms with E-state index in [4.69, 9.17) is 11.6 Å². The van der Waals surface area contributed by atoms with Crippen LogP contribution in [0.5, 0.6) is 0 Å². The molecule has 1 heterocycles. The van der Waals surface area contributed by atoms with E-state index in [0.29, 0.717) is 11.6 Å². The van der Waals surface area contributed by atoms with Crippen molar-refractivity contribution in [3.8, 4) is 0 Å². The Bertz CT molecular complexity index is 572. The standard InChI is InChI=1S/C16H20ClN3OS/c1-2-15(22-14-6-4-13(17)5-7-14)16(21)19-8-3-10-20-11-9-18-12-20/h4-7,9,11-12,15H,2-3,8,10H2,1H3,(H,19,21). The predicted octanol–water partition coefficient (Wildman–Crippen LogP) is 3.61. The molecule has 0 aliphatic carbocycles. The Morgan fingerprint density at radius 1 is 1.41 bits per heavy atom. The number of carbonyl (C=O) groups is 1. The molecule has 0 aliphatic heterocycles. The quantitative estimate of drug-likeness (QED) is 0.591. The lowest BCUT2D eigenvalue weighted by Gasteiger charge is -2.15. The normalized spacial score (nSPS) is 12.1. The van der Waals surface area contributed by atoms with Crippen LogP contribution in [0.25, 0.3) is 0 Å². The van der Waals surface area contributed by atoms with Gasteiger partial charge in [-0.2, -0.15) is 0 Å². The van der Waals surface area contributed by atoms with Crippen molar-refractivity contribution in [1.82, 2.24) is 14.9 Å². The highest BCUT2D eigenvalue weighted by molar-refractivity contribution is 8.00. The summed E-state index contributed by atoms with van der Waals surface area (Å²) in [5, 5.41) is 3.64. The summed E-state index contributed by atoms with van der Waals surface area (Å²) in [4.78, 5) is 17.3. The molecule has 0 aliphatic rings. The van der Waals surface area contributed by atoms with Crippen LogP contribution in [0, 0.1) is 0 Å². The Morgan fingerprint density at radius 2 is 2.18 bits per heavy atom. The zero-order chi connectivity index (χ0) is 15.8. The van der Waals surface area contributed by atoms with E-state index in [0.717, 1.165) is 24.3 Å². The first-order chi connectivity index (χ1) is 10.7. The second-order valence-electron chi connectivity index (χ2n) is 4.91. The fourth-order valence-electron chi connectivity index (χ4n) is 2.01. The topological polar surface area (TPSA) is 46.9 Å². The van der Waals surface area contributed by atoms with Crippen LogP contribution >= 0.6 is 23.4 Å². The summed E-state index contributed by atoms with van der Waals surface area (Å²) in [7, 11) is 0. The predicted molar refractivity (Wildman–Crippen MR) is 91.2 cm³/mol. The van der Waals surface area contributed by atoms with Crippen LogP contribution in [0.4, 0.5) is 0 Å². The molecule has 2 aromatic rings. The molecule has 1 aromatic carbocycles. The molecule has 118 valence electrons. The lowest BCUT2D eigenvalue weighted by Crippen LogP contribution is -2.33.